The zero-order valence-corrected chi connectivity index (χ0v) is 10.8. The maximum Gasteiger partial charge on any atom is 0.313 e. The van der Waals surface area contributed by atoms with Gasteiger partial charge in [0.2, 0.25) is 5.95 Å². The number of methoxy groups -OCH3 is 1. The van der Waals surface area contributed by atoms with Crippen LogP contribution in [0.1, 0.15) is 13.8 Å². The van der Waals surface area contributed by atoms with Crippen molar-refractivity contribution in [2.24, 2.45) is 5.41 Å². The molecule has 0 aliphatic carbocycles. The number of para-hydroxylation sites is 2. The van der Waals surface area contributed by atoms with E-state index in [0.717, 1.165) is 11.0 Å². The summed E-state index contributed by atoms with van der Waals surface area (Å²) >= 11 is 0. The van der Waals surface area contributed by atoms with Gasteiger partial charge in [-0.25, -0.2) is 4.98 Å². The second kappa shape index (κ2) is 4.33. The molecule has 1 aromatic carbocycles. The quantitative estimate of drug-likeness (QED) is 0.840. The molecule has 0 amide bonds. The van der Waals surface area contributed by atoms with Crippen LogP contribution in [0.25, 0.3) is 11.0 Å². The average molecular weight is 247 g/mol. The van der Waals surface area contributed by atoms with Crippen LogP contribution in [0.4, 0.5) is 5.95 Å². The van der Waals surface area contributed by atoms with E-state index in [4.69, 9.17) is 10.5 Å². The van der Waals surface area contributed by atoms with Crippen molar-refractivity contribution in [3.8, 4) is 0 Å². The second-order valence-electron chi connectivity index (χ2n) is 4.92. The maximum absolute atomic E-state index is 11.7. The van der Waals surface area contributed by atoms with Crippen LogP contribution in [0.15, 0.2) is 24.3 Å². The molecule has 0 radical (unpaired) electrons. The Morgan fingerprint density at radius 3 is 2.78 bits per heavy atom. The number of hydrogen-bond acceptors (Lipinski definition) is 4. The van der Waals surface area contributed by atoms with Gasteiger partial charge in [-0.3, -0.25) is 4.79 Å². The Bertz CT molecular complexity index is 587. The van der Waals surface area contributed by atoms with E-state index in [0.29, 0.717) is 12.5 Å². The van der Waals surface area contributed by atoms with Gasteiger partial charge in [0, 0.05) is 6.54 Å². The van der Waals surface area contributed by atoms with Crippen LogP contribution in [-0.2, 0) is 16.1 Å². The van der Waals surface area contributed by atoms with Crippen molar-refractivity contribution in [3.05, 3.63) is 24.3 Å². The Hall–Kier alpha value is -2.04. The number of aromatic nitrogens is 2. The molecule has 1 aromatic heterocycles. The standard InChI is InChI=1S/C13H17N3O2/c1-13(2,11(17)18-3)8-16-10-7-5-4-6-9(10)15-12(16)14/h4-7H,8H2,1-3H3,(H2,14,15). The van der Waals surface area contributed by atoms with E-state index in [1.54, 1.807) is 0 Å². The van der Waals surface area contributed by atoms with Crippen molar-refractivity contribution >= 4 is 23.0 Å². The van der Waals surface area contributed by atoms with Crippen molar-refractivity contribution in [3.63, 3.8) is 0 Å². The fraction of sp³-hybridized carbons (Fsp3) is 0.385. The van der Waals surface area contributed by atoms with Gasteiger partial charge in [-0.1, -0.05) is 12.1 Å². The van der Waals surface area contributed by atoms with E-state index in [-0.39, 0.29) is 5.97 Å². The number of nitrogen functional groups attached to an aromatic ring is 1. The Kier molecular flexibility index (Phi) is 2.98. The lowest BCUT2D eigenvalue weighted by molar-refractivity contribution is -0.151. The number of nitrogens with two attached hydrogens (primary N) is 1. The number of carbonyl (C=O) groups excluding carboxylic acids is 1. The predicted octanol–water partition coefficient (Wildman–Crippen LogP) is 1.82. The molecule has 0 atom stereocenters. The van der Waals surface area contributed by atoms with Gasteiger partial charge in [0.05, 0.1) is 23.6 Å². The van der Waals surface area contributed by atoms with Gasteiger partial charge in [0.1, 0.15) is 0 Å². The lowest BCUT2D eigenvalue weighted by Gasteiger charge is -2.22. The molecule has 18 heavy (non-hydrogen) atoms. The van der Waals surface area contributed by atoms with Gasteiger partial charge in [-0.05, 0) is 26.0 Å². The smallest absolute Gasteiger partial charge is 0.313 e. The molecule has 96 valence electrons. The van der Waals surface area contributed by atoms with Crippen molar-refractivity contribution in [1.29, 1.82) is 0 Å². The van der Waals surface area contributed by atoms with Gasteiger partial charge in [-0.15, -0.1) is 0 Å². The van der Waals surface area contributed by atoms with Crippen molar-refractivity contribution in [1.82, 2.24) is 9.55 Å². The molecule has 2 N–H and O–H groups in total. The number of esters is 1. The predicted molar refractivity (Wildman–Crippen MR) is 69.9 cm³/mol. The summed E-state index contributed by atoms with van der Waals surface area (Å²) in [6.45, 7) is 4.09. The Balaban J connectivity index is 2.43. The Morgan fingerprint density at radius 1 is 1.44 bits per heavy atom. The van der Waals surface area contributed by atoms with Crippen LogP contribution in [0.3, 0.4) is 0 Å². The molecule has 0 bridgehead atoms. The van der Waals surface area contributed by atoms with E-state index in [9.17, 15) is 4.79 Å². The molecular weight excluding hydrogens is 230 g/mol. The lowest BCUT2D eigenvalue weighted by atomic mass is 9.93. The molecule has 2 rings (SSSR count). The number of ether oxygens (including phenoxy) is 1. The average Bonchev–Trinajstić information content (AvgIpc) is 2.65. The minimum Gasteiger partial charge on any atom is -0.469 e. The van der Waals surface area contributed by atoms with Crippen LogP contribution >= 0.6 is 0 Å². The third-order valence-corrected chi connectivity index (χ3v) is 2.98. The first kappa shape index (κ1) is 12.4. The van der Waals surface area contributed by atoms with Gasteiger partial charge in [0.25, 0.3) is 0 Å². The fourth-order valence-electron chi connectivity index (χ4n) is 2.00. The van der Waals surface area contributed by atoms with Crippen molar-refractivity contribution in [2.45, 2.75) is 20.4 Å². The number of hydrogen-bond donors (Lipinski definition) is 1. The first-order valence-corrected chi connectivity index (χ1v) is 5.75. The highest BCUT2D eigenvalue weighted by Crippen LogP contribution is 2.25. The fourth-order valence-corrected chi connectivity index (χ4v) is 2.00. The molecule has 5 nitrogen and oxygen atoms in total. The third-order valence-electron chi connectivity index (χ3n) is 2.98. The Morgan fingerprint density at radius 2 is 2.11 bits per heavy atom. The lowest BCUT2D eigenvalue weighted by Crippen LogP contribution is -2.31. The summed E-state index contributed by atoms with van der Waals surface area (Å²) in [5, 5.41) is 0. The van der Waals surface area contributed by atoms with Crippen LogP contribution in [0.2, 0.25) is 0 Å². The number of nitrogens with zero attached hydrogens (tertiary/aromatic N) is 2. The number of rotatable bonds is 3. The van der Waals surface area contributed by atoms with Crippen molar-refractivity contribution in [2.75, 3.05) is 12.8 Å². The van der Waals surface area contributed by atoms with Crippen molar-refractivity contribution < 1.29 is 9.53 Å². The molecule has 0 spiro atoms. The van der Waals surface area contributed by atoms with Gasteiger partial charge in [-0.2, -0.15) is 0 Å². The highest BCUT2D eigenvalue weighted by atomic mass is 16.5. The van der Waals surface area contributed by atoms with E-state index < -0.39 is 5.41 Å². The molecule has 5 heteroatoms. The normalized spacial score (nSPS) is 11.7. The van der Waals surface area contributed by atoms with Gasteiger partial charge < -0.3 is 15.0 Å². The Labute approximate surface area is 106 Å². The number of fused-ring (bicyclic) bond motifs is 1. The van der Waals surface area contributed by atoms with Gasteiger partial charge in [0.15, 0.2) is 0 Å². The zero-order valence-electron chi connectivity index (χ0n) is 10.8. The number of carbonyl (C=O) groups is 1. The third kappa shape index (κ3) is 2.03. The van der Waals surface area contributed by atoms with E-state index in [1.165, 1.54) is 7.11 Å². The topological polar surface area (TPSA) is 70.1 Å². The van der Waals surface area contributed by atoms with Crippen LogP contribution in [0.5, 0.6) is 0 Å². The number of imidazole rings is 1. The first-order valence-electron chi connectivity index (χ1n) is 5.75. The maximum atomic E-state index is 11.7. The molecule has 0 saturated carbocycles. The summed E-state index contributed by atoms with van der Waals surface area (Å²) in [4.78, 5) is 16.0. The number of benzene rings is 1. The monoisotopic (exact) mass is 247 g/mol. The molecule has 0 saturated heterocycles. The number of anilines is 1. The van der Waals surface area contributed by atoms with Gasteiger partial charge >= 0.3 is 5.97 Å². The van der Waals surface area contributed by atoms with Crippen LogP contribution in [0, 0.1) is 5.41 Å². The summed E-state index contributed by atoms with van der Waals surface area (Å²) in [5.74, 6) is 0.146. The highest BCUT2D eigenvalue weighted by molar-refractivity contribution is 5.79. The molecule has 0 unspecified atom stereocenters. The molecule has 1 heterocycles. The largest absolute Gasteiger partial charge is 0.469 e. The molecule has 0 fully saturated rings. The SMILES string of the molecule is COC(=O)C(C)(C)Cn1c(N)nc2ccccc21. The van der Waals surface area contributed by atoms with E-state index in [2.05, 4.69) is 4.98 Å². The van der Waals surface area contributed by atoms with Crippen LogP contribution < -0.4 is 5.73 Å². The molecule has 2 aromatic rings. The second-order valence-corrected chi connectivity index (χ2v) is 4.92. The summed E-state index contributed by atoms with van der Waals surface area (Å²) in [5.41, 5.74) is 7.01. The summed E-state index contributed by atoms with van der Waals surface area (Å²) in [7, 11) is 1.39. The molecule has 0 aliphatic rings. The zero-order chi connectivity index (χ0) is 13.3. The van der Waals surface area contributed by atoms with E-state index >= 15 is 0 Å². The molecular formula is C13H17N3O2. The molecule has 0 aliphatic heterocycles. The summed E-state index contributed by atoms with van der Waals surface area (Å²) < 4.78 is 6.64. The minimum atomic E-state index is -0.646. The highest BCUT2D eigenvalue weighted by Gasteiger charge is 2.30. The minimum absolute atomic E-state index is 0.264. The summed E-state index contributed by atoms with van der Waals surface area (Å²) in [6, 6.07) is 7.66. The van der Waals surface area contributed by atoms with Crippen LogP contribution in [-0.4, -0.2) is 22.6 Å². The first-order chi connectivity index (χ1) is 8.45. The summed E-state index contributed by atoms with van der Waals surface area (Å²) in [6.07, 6.45) is 0. The van der Waals surface area contributed by atoms with E-state index in [1.807, 2.05) is 42.7 Å².